The fraction of sp³-hybridized carbons (Fsp3) is 0.350. The lowest BCUT2D eigenvalue weighted by atomic mass is 9.82. The van der Waals surface area contributed by atoms with Gasteiger partial charge in [-0.15, -0.1) is 0 Å². The molecule has 1 saturated carbocycles. The first-order chi connectivity index (χ1) is 10.7. The van der Waals surface area contributed by atoms with Gasteiger partial charge in [0.1, 0.15) is 0 Å². The lowest BCUT2D eigenvalue weighted by Gasteiger charge is -2.24. The molecule has 0 amide bonds. The van der Waals surface area contributed by atoms with E-state index in [-0.39, 0.29) is 0 Å². The van der Waals surface area contributed by atoms with E-state index in [1.54, 1.807) is 0 Å². The standard InChI is InChI=1S/C20H24N2/c1-15-12-13-18(19(21)14-15)20(16-8-4-2-5-9-16)22-17-10-6-3-7-11-17/h3,6-7,10-14,16H,2,4-5,8-9,21H2,1H3. The summed E-state index contributed by atoms with van der Waals surface area (Å²) in [6.07, 6.45) is 6.38. The van der Waals surface area contributed by atoms with Crippen LogP contribution in [0.5, 0.6) is 0 Å². The van der Waals surface area contributed by atoms with Crippen molar-refractivity contribution in [2.75, 3.05) is 5.73 Å². The Hall–Kier alpha value is -2.09. The van der Waals surface area contributed by atoms with Crippen LogP contribution in [-0.2, 0) is 0 Å². The molecular formula is C20H24N2. The van der Waals surface area contributed by atoms with Crippen molar-refractivity contribution in [3.63, 3.8) is 0 Å². The number of para-hydroxylation sites is 1. The van der Waals surface area contributed by atoms with Crippen LogP contribution in [0.3, 0.4) is 0 Å². The van der Waals surface area contributed by atoms with Crippen molar-refractivity contribution in [2.45, 2.75) is 39.0 Å². The zero-order valence-electron chi connectivity index (χ0n) is 13.3. The van der Waals surface area contributed by atoms with Gasteiger partial charge in [-0.05, 0) is 43.5 Å². The average molecular weight is 292 g/mol. The maximum absolute atomic E-state index is 6.30. The molecule has 22 heavy (non-hydrogen) atoms. The third kappa shape index (κ3) is 3.38. The van der Waals surface area contributed by atoms with Crippen LogP contribution < -0.4 is 5.73 Å². The highest BCUT2D eigenvalue weighted by Gasteiger charge is 2.22. The van der Waals surface area contributed by atoms with Crippen LogP contribution in [0.15, 0.2) is 53.5 Å². The van der Waals surface area contributed by atoms with Crippen LogP contribution in [0.4, 0.5) is 11.4 Å². The van der Waals surface area contributed by atoms with Crippen molar-refractivity contribution in [3.05, 3.63) is 59.7 Å². The summed E-state index contributed by atoms with van der Waals surface area (Å²) >= 11 is 0. The Morgan fingerprint density at radius 2 is 1.73 bits per heavy atom. The molecule has 0 bridgehead atoms. The molecule has 0 heterocycles. The van der Waals surface area contributed by atoms with Crippen LogP contribution >= 0.6 is 0 Å². The Morgan fingerprint density at radius 3 is 2.41 bits per heavy atom. The predicted octanol–water partition coefficient (Wildman–Crippen LogP) is 5.28. The molecule has 2 aromatic rings. The molecule has 0 spiro atoms. The molecule has 2 aromatic carbocycles. The van der Waals surface area contributed by atoms with Crippen molar-refractivity contribution < 1.29 is 0 Å². The normalized spacial score (nSPS) is 16.7. The molecule has 0 radical (unpaired) electrons. The van der Waals surface area contributed by atoms with E-state index in [1.165, 1.54) is 43.4 Å². The summed E-state index contributed by atoms with van der Waals surface area (Å²) in [4.78, 5) is 4.98. The second-order valence-corrected chi connectivity index (χ2v) is 6.26. The van der Waals surface area contributed by atoms with E-state index in [2.05, 4.69) is 37.3 Å². The molecule has 0 aliphatic heterocycles. The minimum absolute atomic E-state index is 0.527. The van der Waals surface area contributed by atoms with Crippen LogP contribution in [0, 0.1) is 12.8 Å². The van der Waals surface area contributed by atoms with Gasteiger partial charge in [-0.25, -0.2) is 0 Å². The molecule has 0 unspecified atom stereocenters. The number of rotatable bonds is 3. The Kier molecular flexibility index (Phi) is 4.57. The summed E-state index contributed by atoms with van der Waals surface area (Å²) in [6.45, 7) is 2.08. The number of benzene rings is 2. The molecule has 1 aliphatic rings. The molecule has 114 valence electrons. The topological polar surface area (TPSA) is 38.4 Å². The van der Waals surface area contributed by atoms with Crippen molar-refractivity contribution >= 4 is 17.1 Å². The van der Waals surface area contributed by atoms with E-state index in [0.29, 0.717) is 5.92 Å². The van der Waals surface area contributed by atoms with Crippen molar-refractivity contribution in [3.8, 4) is 0 Å². The fourth-order valence-electron chi connectivity index (χ4n) is 3.30. The zero-order chi connectivity index (χ0) is 15.4. The average Bonchev–Trinajstić information content (AvgIpc) is 2.55. The highest BCUT2D eigenvalue weighted by molar-refractivity contribution is 6.07. The van der Waals surface area contributed by atoms with E-state index in [1.807, 2.05) is 18.2 Å². The van der Waals surface area contributed by atoms with Crippen molar-refractivity contribution in [1.29, 1.82) is 0 Å². The third-order valence-corrected chi connectivity index (χ3v) is 4.48. The van der Waals surface area contributed by atoms with Gasteiger partial charge < -0.3 is 5.73 Å². The van der Waals surface area contributed by atoms with Crippen LogP contribution in [0.1, 0.15) is 43.2 Å². The van der Waals surface area contributed by atoms with Gasteiger partial charge in [0.15, 0.2) is 0 Å². The third-order valence-electron chi connectivity index (χ3n) is 4.48. The smallest absolute Gasteiger partial charge is 0.0633 e. The summed E-state index contributed by atoms with van der Waals surface area (Å²) in [5.41, 5.74) is 11.6. The quantitative estimate of drug-likeness (QED) is 0.606. The van der Waals surface area contributed by atoms with Gasteiger partial charge in [0.25, 0.3) is 0 Å². The van der Waals surface area contributed by atoms with Gasteiger partial charge in [0.2, 0.25) is 0 Å². The van der Waals surface area contributed by atoms with E-state index >= 15 is 0 Å². The molecule has 0 atom stereocenters. The lowest BCUT2D eigenvalue weighted by Crippen LogP contribution is -2.20. The monoisotopic (exact) mass is 292 g/mol. The molecule has 3 rings (SSSR count). The summed E-state index contributed by atoms with van der Waals surface area (Å²) in [5, 5.41) is 0. The number of aliphatic imine (C=N–C) groups is 1. The maximum Gasteiger partial charge on any atom is 0.0633 e. The van der Waals surface area contributed by atoms with E-state index < -0.39 is 0 Å². The number of nitrogens with two attached hydrogens (primary N) is 1. The zero-order valence-corrected chi connectivity index (χ0v) is 13.3. The summed E-state index contributed by atoms with van der Waals surface area (Å²) in [5.74, 6) is 0.527. The summed E-state index contributed by atoms with van der Waals surface area (Å²) < 4.78 is 0. The Labute approximate surface area is 133 Å². The SMILES string of the molecule is Cc1ccc(C(=Nc2ccccc2)C2CCCCC2)c(N)c1. The molecule has 2 N–H and O–H groups in total. The first kappa shape index (κ1) is 14.8. The number of anilines is 1. The highest BCUT2D eigenvalue weighted by atomic mass is 14.8. The second kappa shape index (κ2) is 6.78. The lowest BCUT2D eigenvalue weighted by molar-refractivity contribution is 0.440. The number of hydrogen-bond donors (Lipinski definition) is 1. The van der Waals surface area contributed by atoms with Gasteiger partial charge in [0.05, 0.1) is 11.4 Å². The van der Waals surface area contributed by atoms with Gasteiger partial charge in [-0.2, -0.15) is 0 Å². The predicted molar refractivity (Wildman–Crippen MR) is 94.8 cm³/mol. The minimum atomic E-state index is 0.527. The van der Waals surface area contributed by atoms with Crippen molar-refractivity contribution in [1.82, 2.24) is 0 Å². The van der Waals surface area contributed by atoms with Crippen LogP contribution in [0.25, 0.3) is 0 Å². The molecule has 0 aromatic heterocycles. The Balaban J connectivity index is 2.04. The van der Waals surface area contributed by atoms with E-state index in [0.717, 1.165) is 16.9 Å². The fourth-order valence-corrected chi connectivity index (χ4v) is 3.30. The van der Waals surface area contributed by atoms with Gasteiger partial charge >= 0.3 is 0 Å². The first-order valence-corrected chi connectivity index (χ1v) is 8.24. The first-order valence-electron chi connectivity index (χ1n) is 8.24. The number of nitrogens with zero attached hydrogens (tertiary/aromatic N) is 1. The van der Waals surface area contributed by atoms with Gasteiger partial charge in [-0.1, -0.05) is 49.6 Å². The van der Waals surface area contributed by atoms with Gasteiger partial charge in [0, 0.05) is 17.2 Å². The maximum atomic E-state index is 6.30. The number of hydrogen-bond acceptors (Lipinski definition) is 2. The minimum Gasteiger partial charge on any atom is -0.398 e. The molecule has 2 nitrogen and oxygen atoms in total. The Bertz CT molecular complexity index is 653. The number of aryl methyl sites for hydroxylation is 1. The number of nitrogen functional groups attached to an aromatic ring is 1. The van der Waals surface area contributed by atoms with Crippen LogP contribution in [0.2, 0.25) is 0 Å². The van der Waals surface area contributed by atoms with Crippen molar-refractivity contribution in [2.24, 2.45) is 10.9 Å². The largest absolute Gasteiger partial charge is 0.398 e. The van der Waals surface area contributed by atoms with Crippen LogP contribution in [-0.4, -0.2) is 5.71 Å². The van der Waals surface area contributed by atoms with E-state index in [9.17, 15) is 0 Å². The molecule has 1 fully saturated rings. The van der Waals surface area contributed by atoms with E-state index in [4.69, 9.17) is 10.7 Å². The summed E-state index contributed by atoms with van der Waals surface area (Å²) in [6, 6.07) is 16.6. The summed E-state index contributed by atoms with van der Waals surface area (Å²) in [7, 11) is 0. The Morgan fingerprint density at radius 1 is 1.00 bits per heavy atom. The highest BCUT2D eigenvalue weighted by Crippen LogP contribution is 2.31. The molecular weight excluding hydrogens is 268 g/mol. The second-order valence-electron chi connectivity index (χ2n) is 6.26. The molecule has 1 aliphatic carbocycles. The van der Waals surface area contributed by atoms with Gasteiger partial charge in [-0.3, -0.25) is 4.99 Å². The molecule has 2 heteroatoms. The molecule has 0 saturated heterocycles.